The Morgan fingerprint density at radius 3 is 2.50 bits per heavy atom. The zero-order valence-electron chi connectivity index (χ0n) is 13.0. The molecule has 0 aliphatic carbocycles. The highest BCUT2D eigenvalue weighted by molar-refractivity contribution is 8.03. The van der Waals surface area contributed by atoms with Crippen molar-refractivity contribution in [3.8, 4) is 0 Å². The van der Waals surface area contributed by atoms with Gasteiger partial charge in [-0.15, -0.1) is 11.8 Å². The van der Waals surface area contributed by atoms with Crippen LogP contribution in [0.25, 0.3) is 0 Å². The van der Waals surface area contributed by atoms with E-state index in [1.165, 1.54) is 21.6 Å². The maximum atomic E-state index is 6.03. The molecule has 0 amide bonds. The fourth-order valence-corrected chi connectivity index (χ4v) is 3.57. The van der Waals surface area contributed by atoms with Crippen LogP contribution in [0, 0.1) is 6.92 Å². The molecule has 114 valence electrons. The van der Waals surface area contributed by atoms with Crippen LogP contribution >= 0.6 is 11.8 Å². The predicted octanol–water partition coefficient (Wildman–Crippen LogP) is 5.32. The van der Waals surface area contributed by atoms with Crippen molar-refractivity contribution in [1.29, 1.82) is 0 Å². The highest BCUT2D eigenvalue weighted by Crippen LogP contribution is 2.31. The number of ether oxygens (including phenoxy) is 1. The molecule has 0 spiro atoms. The van der Waals surface area contributed by atoms with Gasteiger partial charge in [0.2, 0.25) is 0 Å². The molecule has 0 saturated carbocycles. The molecule has 0 fully saturated rings. The average molecular weight is 310 g/mol. The standard InChI is InChI=1S/C20H22OS/c1-16-7-9-18(10-8-16)20-12-11-19(15-21-20)22-14-13-17-5-3-2-4-6-17/h2-11,20H,12-15H2,1H3. The summed E-state index contributed by atoms with van der Waals surface area (Å²) in [5.41, 5.74) is 3.99. The van der Waals surface area contributed by atoms with Gasteiger partial charge >= 0.3 is 0 Å². The summed E-state index contributed by atoms with van der Waals surface area (Å²) in [6.07, 6.45) is 4.67. The van der Waals surface area contributed by atoms with Gasteiger partial charge in [0.1, 0.15) is 0 Å². The molecule has 0 saturated heterocycles. The second kappa shape index (κ2) is 7.66. The van der Waals surface area contributed by atoms with Gasteiger partial charge in [0.05, 0.1) is 12.7 Å². The van der Waals surface area contributed by atoms with E-state index >= 15 is 0 Å². The summed E-state index contributed by atoms with van der Waals surface area (Å²) < 4.78 is 6.03. The number of rotatable bonds is 5. The molecule has 1 nitrogen and oxygen atoms in total. The largest absolute Gasteiger partial charge is 0.368 e. The van der Waals surface area contributed by atoms with Crippen molar-refractivity contribution in [3.63, 3.8) is 0 Å². The van der Waals surface area contributed by atoms with E-state index in [2.05, 4.69) is 67.6 Å². The Kier molecular flexibility index (Phi) is 5.36. The smallest absolute Gasteiger partial charge is 0.0864 e. The minimum absolute atomic E-state index is 0.221. The van der Waals surface area contributed by atoms with Gasteiger partial charge in [-0.2, -0.15) is 0 Å². The highest BCUT2D eigenvalue weighted by Gasteiger charge is 2.16. The van der Waals surface area contributed by atoms with Gasteiger partial charge in [-0.1, -0.05) is 66.2 Å². The average Bonchev–Trinajstić information content (AvgIpc) is 2.57. The van der Waals surface area contributed by atoms with Crippen LogP contribution in [0.2, 0.25) is 0 Å². The molecule has 2 aromatic rings. The molecule has 3 rings (SSSR count). The van der Waals surface area contributed by atoms with Crippen molar-refractivity contribution in [3.05, 3.63) is 82.3 Å². The van der Waals surface area contributed by atoms with Crippen LogP contribution in [0.3, 0.4) is 0 Å². The third-order valence-corrected chi connectivity index (χ3v) is 5.02. The normalized spacial score (nSPS) is 18.0. The lowest BCUT2D eigenvalue weighted by Crippen LogP contribution is -2.11. The van der Waals surface area contributed by atoms with Crippen LogP contribution < -0.4 is 0 Å². The van der Waals surface area contributed by atoms with Crippen LogP contribution in [0.15, 0.2) is 65.6 Å². The van der Waals surface area contributed by atoms with E-state index in [-0.39, 0.29) is 6.10 Å². The summed E-state index contributed by atoms with van der Waals surface area (Å²) >= 11 is 1.93. The second-order valence-corrected chi connectivity index (χ2v) is 6.92. The van der Waals surface area contributed by atoms with E-state index in [4.69, 9.17) is 4.74 Å². The van der Waals surface area contributed by atoms with Gasteiger partial charge in [0.15, 0.2) is 0 Å². The maximum absolute atomic E-state index is 6.03. The lowest BCUT2D eigenvalue weighted by atomic mass is 10.0. The van der Waals surface area contributed by atoms with Crippen molar-refractivity contribution in [2.75, 3.05) is 12.4 Å². The lowest BCUT2D eigenvalue weighted by molar-refractivity contribution is 0.0659. The van der Waals surface area contributed by atoms with Crippen molar-refractivity contribution in [2.45, 2.75) is 25.9 Å². The zero-order chi connectivity index (χ0) is 15.2. The van der Waals surface area contributed by atoms with Crippen LogP contribution in [0.1, 0.15) is 29.2 Å². The zero-order valence-corrected chi connectivity index (χ0v) is 13.8. The topological polar surface area (TPSA) is 9.23 Å². The summed E-state index contributed by atoms with van der Waals surface area (Å²) in [6, 6.07) is 19.4. The first kappa shape index (κ1) is 15.4. The summed E-state index contributed by atoms with van der Waals surface area (Å²) in [5, 5.41) is 0. The van der Waals surface area contributed by atoms with Crippen molar-refractivity contribution < 1.29 is 4.74 Å². The quantitative estimate of drug-likeness (QED) is 0.739. The van der Waals surface area contributed by atoms with Crippen LogP contribution in [-0.4, -0.2) is 12.4 Å². The number of aryl methyl sites for hydroxylation is 2. The second-order valence-electron chi connectivity index (χ2n) is 5.70. The van der Waals surface area contributed by atoms with E-state index in [1.54, 1.807) is 0 Å². The van der Waals surface area contributed by atoms with E-state index in [0.29, 0.717) is 0 Å². The lowest BCUT2D eigenvalue weighted by Gasteiger charge is -2.23. The van der Waals surface area contributed by atoms with E-state index in [1.807, 2.05) is 11.8 Å². The first-order valence-corrected chi connectivity index (χ1v) is 8.84. The first-order valence-electron chi connectivity index (χ1n) is 7.85. The number of hydrogen-bond acceptors (Lipinski definition) is 2. The summed E-state index contributed by atoms with van der Waals surface area (Å²) in [5.74, 6) is 1.12. The minimum atomic E-state index is 0.221. The Morgan fingerprint density at radius 2 is 1.82 bits per heavy atom. The molecule has 0 radical (unpaired) electrons. The SMILES string of the molecule is Cc1ccc(C2CC=C(SCCc3ccccc3)CO2)cc1. The van der Waals surface area contributed by atoms with Gasteiger partial charge in [0.25, 0.3) is 0 Å². The van der Waals surface area contributed by atoms with E-state index in [0.717, 1.165) is 25.2 Å². The predicted molar refractivity (Wildman–Crippen MR) is 95.2 cm³/mol. The summed E-state index contributed by atoms with van der Waals surface area (Å²) in [6.45, 7) is 2.87. The minimum Gasteiger partial charge on any atom is -0.368 e. The van der Waals surface area contributed by atoms with Gasteiger partial charge in [-0.25, -0.2) is 0 Å². The molecule has 0 aromatic heterocycles. The molecule has 2 heteroatoms. The number of hydrogen-bond donors (Lipinski definition) is 0. The van der Waals surface area contributed by atoms with Crippen molar-refractivity contribution in [1.82, 2.24) is 0 Å². The molecular formula is C20H22OS. The number of benzene rings is 2. The molecule has 1 unspecified atom stereocenters. The van der Waals surface area contributed by atoms with Gasteiger partial charge in [-0.3, -0.25) is 0 Å². The molecule has 0 bridgehead atoms. The monoisotopic (exact) mass is 310 g/mol. The van der Waals surface area contributed by atoms with E-state index in [9.17, 15) is 0 Å². The third-order valence-electron chi connectivity index (χ3n) is 3.96. The molecule has 1 aliphatic heterocycles. The Hall–Kier alpha value is -1.51. The maximum Gasteiger partial charge on any atom is 0.0864 e. The fraction of sp³-hybridized carbons (Fsp3) is 0.300. The summed E-state index contributed by atoms with van der Waals surface area (Å²) in [4.78, 5) is 1.37. The van der Waals surface area contributed by atoms with E-state index < -0.39 is 0 Å². The van der Waals surface area contributed by atoms with Crippen LogP contribution in [0.5, 0.6) is 0 Å². The van der Waals surface area contributed by atoms with Gasteiger partial charge in [0, 0.05) is 10.7 Å². The third kappa shape index (κ3) is 4.25. The Labute approximate surface area is 137 Å². The van der Waals surface area contributed by atoms with Crippen molar-refractivity contribution in [2.24, 2.45) is 0 Å². The van der Waals surface area contributed by atoms with Crippen LogP contribution in [0.4, 0.5) is 0 Å². The van der Waals surface area contributed by atoms with Crippen molar-refractivity contribution >= 4 is 11.8 Å². The first-order chi connectivity index (χ1) is 10.8. The van der Waals surface area contributed by atoms with Gasteiger partial charge < -0.3 is 4.74 Å². The molecule has 1 aliphatic rings. The Morgan fingerprint density at radius 1 is 1.05 bits per heavy atom. The highest BCUT2D eigenvalue weighted by atomic mass is 32.2. The molecular weight excluding hydrogens is 288 g/mol. The van der Waals surface area contributed by atoms with Gasteiger partial charge in [-0.05, 0) is 30.9 Å². The molecule has 1 atom stereocenters. The van der Waals surface area contributed by atoms with Crippen LogP contribution in [-0.2, 0) is 11.2 Å². The molecule has 2 aromatic carbocycles. The summed E-state index contributed by atoms with van der Waals surface area (Å²) in [7, 11) is 0. The Balaban J connectivity index is 1.48. The molecule has 22 heavy (non-hydrogen) atoms. The fourth-order valence-electron chi connectivity index (χ4n) is 2.61. The number of thioether (sulfide) groups is 1. The molecule has 0 N–H and O–H groups in total. The Bertz CT molecular complexity index is 616. The molecule has 1 heterocycles.